The zero-order valence-corrected chi connectivity index (χ0v) is 13.6. The third kappa shape index (κ3) is 3.97. The smallest absolute Gasteiger partial charge is 0.196 e. The molecule has 120 valence electrons. The summed E-state index contributed by atoms with van der Waals surface area (Å²) in [5.74, 6) is 2.04. The van der Waals surface area contributed by atoms with Crippen LogP contribution in [0.2, 0.25) is 0 Å². The molecule has 5 heteroatoms. The molecule has 5 nitrogen and oxygen atoms in total. The summed E-state index contributed by atoms with van der Waals surface area (Å²) in [5, 5.41) is 4.28. The fraction of sp³-hybridized carbons (Fsp3) is 0.647. The standard InChI is InChI=1S/C17H26N4O/c1-14(2)17-19-16(13-22-17)12-20-9-4-15(5-10-20)6-11-21-8-3-7-18-21/h3,7-8,13-15H,4-6,9-12H2,1-2H3. The van der Waals surface area contributed by atoms with Crippen LogP contribution in [0.25, 0.3) is 0 Å². The first-order chi connectivity index (χ1) is 10.7. The van der Waals surface area contributed by atoms with Crippen LogP contribution in [-0.4, -0.2) is 32.8 Å². The van der Waals surface area contributed by atoms with Gasteiger partial charge in [-0.05, 0) is 44.3 Å². The molecule has 2 aromatic heterocycles. The Morgan fingerprint density at radius 3 is 2.77 bits per heavy atom. The molecule has 22 heavy (non-hydrogen) atoms. The van der Waals surface area contributed by atoms with E-state index in [1.807, 2.05) is 29.4 Å². The first-order valence-electron chi connectivity index (χ1n) is 8.35. The minimum Gasteiger partial charge on any atom is -0.448 e. The highest BCUT2D eigenvalue weighted by Gasteiger charge is 2.20. The average Bonchev–Trinajstić information content (AvgIpc) is 3.18. The highest BCUT2D eigenvalue weighted by atomic mass is 16.3. The topological polar surface area (TPSA) is 47.1 Å². The molecule has 0 aromatic carbocycles. The van der Waals surface area contributed by atoms with Gasteiger partial charge in [-0.1, -0.05) is 13.8 Å². The largest absolute Gasteiger partial charge is 0.448 e. The molecule has 0 aliphatic carbocycles. The molecule has 0 radical (unpaired) electrons. The fourth-order valence-corrected chi connectivity index (χ4v) is 3.07. The Labute approximate surface area is 132 Å². The Morgan fingerprint density at radius 1 is 1.32 bits per heavy atom. The van der Waals surface area contributed by atoms with Gasteiger partial charge < -0.3 is 4.42 Å². The Bertz CT molecular complexity index is 553. The normalized spacial score (nSPS) is 17.4. The Kier molecular flexibility index (Phi) is 4.93. The molecular formula is C17H26N4O. The van der Waals surface area contributed by atoms with Crippen molar-refractivity contribution in [2.75, 3.05) is 13.1 Å². The lowest BCUT2D eigenvalue weighted by Crippen LogP contribution is -2.33. The summed E-state index contributed by atoms with van der Waals surface area (Å²) in [6, 6.07) is 1.99. The molecule has 0 amide bonds. The summed E-state index contributed by atoms with van der Waals surface area (Å²) in [6.07, 6.45) is 9.50. The fourth-order valence-electron chi connectivity index (χ4n) is 3.07. The maximum atomic E-state index is 5.52. The molecule has 1 fully saturated rings. The van der Waals surface area contributed by atoms with E-state index < -0.39 is 0 Å². The van der Waals surface area contributed by atoms with Crippen molar-refractivity contribution in [2.24, 2.45) is 5.92 Å². The van der Waals surface area contributed by atoms with Crippen molar-refractivity contribution in [2.45, 2.75) is 52.1 Å². The molecule has 3 heterocycles. The van der Waals surface area contributed by atoms with E-state index in [9.17, 15) is 0 Å². The second-order valence-corrected chi connectivity index (χ2v) is 6.61. The van der Waals surface area contributed by atoms with Crippen LogP contribution in [0.3, 0.4) is 0 Å². The lowest BCUT2D eigenvalue weighted by Gasteiger charge is -2.31. The van der Waals surface area contributed by atoms with Gasteiger partial charge in [-0.3, -0.25) is 9.58 Å². The lowest BCUT2D eigenvalue weighted by molar-refractivity contribution is 0.167. The average molecular weight is 302 g/mol. The second-order valence-electron chi connectivity index (χ2n) is 6.61. The molecule has 0 bridgehead atoms. The molecule has 1 aliphatic heterocycles. The number of aryl methyl sites for hydroxylation is 1. The van der Waals surface area contributed by atoms with Crippen LogP contribution in [0.1, 0.15) is 50.6 Å². The zero-order chi connectivity index (χ0) is 15.4. The first-order valence-corrected chi connectivity index (χ1v) is 8.35. The number of aromatic nitrogens is 3. The molecule has 3 rings (SSSR count). The molecule has 0 saturated carbocycles. The maximum absolute atomic E-state index is 5.52. The molecule has 2 aromatic rings. The minimum atomic E-state index is 0.363. The maximum Gasteiger partial charge on any atom is 0.196 e. The van der Waals surface area contributed by atoms with Gasteiger partial charge in [0.1, 0.15) is 6.26 Å². The van der Waals surface area contributed by atoms with Crippen LogP contribution in [0.4, 0.5) is 0 Å². The van der Waals surface area contributed by atoms with Crippen molar-refractivity contribution in [1.29, 1.82) is 0 Å². The van der Waals surface area contributed by atoms with Crippen LogP contribution >= 0.6 is 0 Å². The molecule has 0 atom stereocenters. The third-order valence-corrected chi connectivity index (χ3v) is 4.48. The van der Waals surface area contributed by atoms with Gasteiger partial charge in [0, 0.05) is 31.4 Å². The van der Waals surface area contributed by atoms with Crippen LogP contribution in [0.5, 0.6) is 0 Å². The Hall–Kier alpha value is -1.62. The van der Waals surface area contributed by atoms with Crippen molar-refractivity contribution < 1.29 is 4.42 Å². The van der Waals surface area contributed by atoms with Crippen LogP contribution in [0, 0.1) is 5.92 Å². The van der Waals surface area contributed by atoms with Gasteiger partial charge >= 0.3 is 0 Å². The molecule has 0 N–H and O–H groups in total. The highest BCUT2D eigenvalue weighted by Crippen LogP contribution is 2.23. The Morgan fingerprint density at radius 2 is 2.14 bits per heavy atom. The quantitative estimate of drug-likeness (QED) is 0.821. The van der Waals surface area contributed by atoms with Gasteiger partial charge in [-0.25, -0.2) is 4.98 Å². The van der Waals surface area contributed by atoms with Crippen molar-refractivity contribution in [3.63, 3.8) is 0 Å². The number of likely N-dealkylation sites (tertiary alicyclic amines) is 1. The van der Waals surface area contributed by atoms with E-state index in [0.717, 1.165) is 43.7 Å². The predicted molar refractivity (Wildman–Crippen MR) is 85.4 cm³/mol. The van der Waals surface area contributed by atoms with E-state index in [0.29, 0.717) is 5.92 Å². The van der Waals surface area contributed by atoms with Crippen molar-refractivity contribution in [1.82, 2.24) is 19.7 Å². The summed E-state index contributed by atoms with van der Waals surface area (Å²) in [5.41, 5.74) is 1.07. The van der Waals surface area contributed by atoms with Gasteiger partial charge in [-0.15, -0.1) is 0 Å². The first kappa shape index (κ1) is 15.3. The molecule has 1 aliphatic rings. The number of rotatable bonds is 6. The van der Waals surface area contributed by atoms with Gasteiger partial charge in [0.2, 0.25) is 0 Å². The summed E-state index contributed by atoms with van der Waals surface area (Å²) in [4.78, 5) is 7.07. The van der Waals surface area contributed by atoms with Crippen molar-refractivity contribution >= 4 is 0 Å². The van der Waals surface area contributed by atoms with E-state index in [2.05, 4.69) is 28.8 Å². The number of hydrogen-bond donors (Lipinski definition) is 0. The van der Waals surface area contributed by atoms with Crippen LogP contribution in [-0.2, 0) is 13.1 Å². The third-order valence-electron chi connectivity index (χ3n) is 4.48. The van der Waals surface area contributed by atoms with Crippen LogP contribution < -0.4 is 0 Å². The Balaban J connectivity index is 1.41. The zero-order valence-electron chi connectivity index (χ0n) is 13.6. The summed E-state index contributed by atoms with van der Waals surface area (Å²) in [6.45, 7) is 8.50. The lowest BCUT2D eigenvalue weighted by atomic mass is 9.93. The number of nitrogens with zero attached hydrogens (tertiary/aromatic N) is 4. The monoisotopic (exact) mass is 302 g/mol. The van der Waals surface area contributed by atoms with Crippen LogP contribution in [0.15, 0.2) is 29.1 Å². The molecular weight excluding hydrogens is 276 g/mol. The predicted octanol–water partition coefficient (Wildman–Crippen LogP) is 3.30. The van der Waals surface area contributed by atoms with Gasteiger partial charge in [0.15, 0.2) is 5.89 Å². The minimum absolute atomic E-state index is 0.363. The van der Waals surface area contributed by atoms with E-state index >= 15 is 0 Å². The van der Waals surface area contributed by atoms with E-state index in [4.69, 9.17) is 4.42 Å². The summed E-state index contributed by atoms with van der Waals surface area (Å²) < 4.78 is 7.56. The van der Waals surface area contributed by atoms with Gasteiger partial charge in [0.05, 0.1) is 5.69 Å². The van der Waals surface area contributed by atoms with Crippen molar-refractivity contribution in [3.05, 3.63) is 36.3 Å². The van der Waals surface area contributed by atoms with Gasteiger partial charge in [-0.2, -0.15) is 5.10 Å². The van der Waals surface area contributed by atoms with E-state index in [1.165, 1.54) is 19.3 Å². The summed E-state index contributed by atoms with van der Waals surface area (Å²) >= 11 is 0. The molecule has 0 spiro atoms. The molecule has 0 unspecified atom stereocenters. The van der Waals surface area contributed by atoms with Gasteiger partial charge in [0.25, 0.3) is 0 Å². The highest BCUT2D eigenvalue weighted by molar-refractivity contribution is 4.99. The number of piperidine rings is 1. The second kappa shape index (κ2) is 7.09. The van der Waals surface area contributed by atoms with Crippen molar-refractivity contribution in [3.8, 4) is 0 Å². The number of oxazole rings is 1. The number of hydrogen-bond acceptors (Lipinski definition) is 4. The van der Waals surface area contributed by atoms with E-state index in [1.54, 1.807) is 0 Å². The van der Waals surface area contributed by atoms with E-state index in [-0.39, 0.29) is 0 Å². The SMILES string of the molecule is CC(C)c1nc(CN2CCC(CCn3cccn3)CC2)co1. The molecule has 1 saturated heterocycles. The summed E-state index contributed by atoms with van der Waals surface area (Å²) in [7, 11) is 0.